The predicted octanol–water partition coefficient (Wildman–Crippen LogP) is 3.82. The topological polar surface area (TPSA) is 69.1 Å². The fourth-order valence-corrected chi connectivity index (χ4v) is 2.96. The number of hydrogen-bond acceptors (Lipinski definition) is 4. The molecule has 0 saturated carbocycles. The third kappa shape index (κ3) is 2.33. The molecule has 0 radical (unpaired) electrons. The van der Waals surface area contributed by atoms with E-state index in [0.717, 1.165) is 15.3 Å². The van der Waals surface area contributed by atoms with E-state index in [1.807, 2.05) is 36.4 Å². The standard InChI is InChI=1S/C14H9ClN2O2S/c15-9-3-1-8(2-4-9)11-5-6-12(20-11)13-10(14(16)18)7-19-17-13/h1-7H,(H2,16,18). The van der Waals surface area contributed by atoms with E-state index in [1.54, 1.807) is 0 Å². The fourth-order valence-electron chi connectivity index (χ4n) is 1.82. The highest BCUT2D eigenvalue weighted by atomic mass is 35.5. The molecule has 2 N–H and O–H groups in total. The van der Waals surface area contributed by atoms with Gasteiger partial charge >= 0.3 is 0 Å². The van der Waals surface area contributed by atoms with Gasteiger partial charge in [0.1, 0.15) is 17.5 Å². The lowest BCUT2D eigenvalue weighted by Crippen LogP contribution is -2.10. The highest BCUT2D eigenvalue weighted by molar-refractivity contribution is 7.18. The number of benzene rings is 1. The lowest BCUT2D eigenvalue weighted by molar-refractivity contribution is 0.100. The van der Waals surface area contributed by atoms with Gasteiger partial charge in [-0.25, -0.2) is 0 Å². The Morgan fingerprint density at radius 2 is 1.85 bits per heavy atom. The third-order valence-electron chi connectivity index (χ3n) is 2.80. The normalized spacial score (nSPS) is 10.7. The van der Waals surface area contributed by atoms with Crippen LogP contribution in [0, 0.1) is 0 Å². The first-order valence-corrected chi connectivity index (χ1v) is 6.95. The first-order valence-electron chi connectivity index (χ1n) is 5.75. The Balaban J connectivity index is 2.00. The number of primary amides is 1. The molecule has 0 atom stereocenters. The molecule has 1 amide bonds. The van der Waals surface area contributed by atoms with E-state index in [9.17, 15) is 4.79 Å². The van der Waals surface area contributed by atoms with E-state index in [-0.39, 0.29) is 5.56 Å². The van der Waals surface area contributed by atoms with Crippen LogP contribution in [0.1, 0.15) is 10.4 Å². The summed E-state index contributed by atoms with van der Waals surface area (Å²) in [6, 6.07) is 11.4. The molecule has 0 spiro atoms. The van der Waals surface area contributed by atoms with Crippen molar-refractivity contribution in [2.24, 2.45) is 5.73 Å². The zero-order chi connectivity index (χ0) is 14.1. The number of hydrogen-bond donors (Lipinski definition) is 1. The summed E-state index contributed by atoms with van der Waals surface area (Å²) in [6.45, 7) is 0. The van der Waals surface area contributed by atoms with Crippen molar-refractivity contribution in [1.82, 2.24) is 5.16 Å². The average Bonchev–Trinajstić information content (AvgIpc) is 3.08. The van der Waals surface area contributed by atoms with E-state index < -0.39 is 5.91 Å². The van der Waals surface area contributed by atoms with E-state index in [2.05, 4.69) is 5.16 Å². The maximum absolute atomic E-state index is 11.3. The van der Waals surface area contributed by atoms with Crippen molar-refractivity contribution in [3.05, 3.63) is 53.2 Å². The molecule has 0 aliphatic carbocycles. The first-order chi connectivity index (χ1) is 9.65. The Bertz CT molecular complexity index is 762. The van der Waals surface area contributed by atoms with Gasteiger partial charge in [0.2, 0.25) is 0 Å². The van der Waals surface area contributed by atoms with Gasteiger partial charge in [-0.1, -0.05) is 28.9 Å². The molecular formula is C14H9ClN2O2S. The minimum absolute atomic E-state index is 0.287. The van der Waals surface area contributed by atoms with Gasteiger partial charge in [-0.05, 0) is 29.8 Å². The van der Waals surface area contributed by atoms with Crippen LogP contribution in [0.2, 0.25) is 5.02 Å². The van der Waals surface area contributed by atoms with E-state index in [1.165, 1.54) is 17.6 Å². The van der Waals surface area contributed by atoms with Gasteiger partial charge in [0, 0.05) is 9.90 Å². The number of aromatic nitrogens is 1. The van der Waals surface area contributed by atoms with Crippen molar-refractivity contribution in [1.29, 1.82) is 0 Å². The largest absolute Gasteiger partial charge is 0.365 e. The second-order valence-electron chi connectivity index (χ2n) is 4.11. The van der Waals surface area contributed by atoms with Gasteiger partial charge in [-0.3, -0.25) is 4.79 Å². The molecule has 1 aromatic carbocycles. The van der Waals surface area contributed by atoms with Gasteiger partial charge in [0.05, 0.1) is 4.88 Å². The van der Waals surface area contributed by atoms with Crippen LogP contribution in [0.5, 0.6) is 0 Å². The highest BCUT2D eigenvalue weighted by Crippen LogP contribution is 2.35. The molecular weight excluding hydrogens is 296 g/mol. The SMILES string of the molecule is NC(=O)c1conc1-c1ccc(-c2ccc(Cl)cc2)s1. The van der Waals surface area contributed by atoms with Crippen molar-refractivity contribution in [2.75, 3.05) is 0 Å². The summed E-state index contributed by atoms with van der Waals surface area (Å²) in [5, 5.41) is 4.53. The Kier molecular flexibility index (Phi) is 3.30. The number of thiophene rings is 1. The molecule has 0 fully saturated rings. The van der Waals surface area contributed by atoms with Crippen LogP contribution in [-0.4, -0.2) is 11.1 Å². The molecule has 3 aromatic rings. The van der Waals surface area contributed by atoms with Crippen molar-refractivity contribution >= 4 is 28.8 Å². The lowest BCUT2D eigenvalue weighted by atomic mass is 10.2. The van der Waals surface area contributed by atoms with Crippen LogP contribution >= 0.6 is 22.9 Å². The number of rotatable bonds is 3. The molecule has 0 aliphatic rings. The second kappa shape index (κ2) is 5.11. The van der Waals surface area contributed by atoms with Crippen molar-refractivity contribution in [2.45, 2.75) is 0 Å². The smallest absolute Gasteiger partial charge is 0.254 e. The number of halogens is 1. The molecule has 6 heteroatoms. The molecule has 3 rings (SSSR count). The molecule has 0 saturated heterocycles. The number of carbonyl (C=O) groups is 1. The molecule has 100 valence electrons. The average molecular weight is 305 g/mol. The van der Waals surface area contributed by atoms with Crippen molar-refractivity contribution < 1.29 is 9.32 Å². The van der Waals surface area contributed by atoms with Gasteiger partial charge in [-0.2, -0.15) is 0 Å². The highest BCUT2D eigenvalue weighted by Gasteiger charge is 2.16. The summed E-state index contributed by atoms with van der Waals surface area (Å²) in [6.07, 6.45) is 1.26. The first kappa shape index (κ1) is 12.9. The molecule has 2 heterocycles. The number of nitrogens with zero attached hydrogens (tertiary/aromatic N) is 1. The summed E-state index contributed by atoms with van der Waals surface area (Å²) in [7, 11) is 0. The van der Waals surface area contributed by atoms with Crippen molar-refractivity contribution in [3.8, 4) is 21.0 Å². The Morgan fingerprint density at radius 3 is 2.55 bits per heavy atom. The second-order valence-corrected chi connectivity index (χ2v) is 5.63. The maximum Gasteiger partial charge on any atom is 0.254 e. The summed E-state index contributed by atoms with van der Waals surface area (Å²) in [5.74, 6) is -0.553. The number of amides is 1. The van der Waals surface area contributed by atoms with E-state index >= 15 is 0 Å². The van der Waals surface area contributed by atoms with Crippen LogP contribution in [-0.2, 0) is 0 Å². The Labute approximate surface area is 123 Å². The zero-order valence-corrected chi connectivity index (χ0v) is 11.7. The molecule has 4 nitrogen and oxygen atoms in total. The summed E-state index contributed by atoms with van der Waals surface area (Å²) in [5.41, 5.74) is 7.09. The van der Waals surface area contributed by atoms with Crippen LogP contribution in [0.25, 0.3) is 21.0 Å². The van der Waals surface area contributed by atoms with Crippen LogP contribution < -0.4 is 5.73 Å². The van der Waals surface area contributed by atoms with Crippen LogP contribution in [0.4, 0.5) is 0 Å². The van der Waals surface area contributed by atoms with Gasteiger partial charge in [0.15, 0.2) is 0 Å². The fraction of sp³-hybridized carbons (Fsp3) is 0. The van der Waals surface area contributed by atoms with Crippen molar-refractivity contribution in [3.63, 3.8) is 0 Å². The number of nitrogens with two attached hydrogens (primary N) is 1. The van der Waals surface area contributed by atoms with Crippen LogP contribution in [0.3, 0.4) is 0 Å². The quantitative estimate of drug-likeness (QED) is 0.799. The Hall–Kier alpha value is -2.11. The monoisotopic (exact) mass is 304 g/mol. The zero-order valence-electron chi connectivity index (χ0n) is 10.2. The predicted molar refractivity (Wildman–Crippen MR) is 78.8 cm³/mol. The van der Waals surface area contributed by atoms with E-state index in [4.69, 9.17) is 21.9 Å². The molecule has 0 unspecified atom stereocenters. The van der Waals surface area contributed by atoms with Gasteiger partial charge in [0.25, 0.3) is 5.91 Å². The Morgan fingerprint density at radius 1 is 1.15 bits per heavy atom. The minimum atomic E-state index is -0.553. The summed E-state index contributed by atoms with van der Waals surface area (Å²) >= 11 is 7.38. The third-order valence-corrected chi connectivity index (χ3v) is 4.20. The number of carbonyl (C=O) groups excluding carboxylic acids is 1. The molecule has 2 aromatic heterocycles. The maximum atomic E-state index is 11.3. The lowest BCUT2D eigenvalue weighted by Gasteiger charge is -1.97. The minimum Gasteiger partial charge on any atom is -0.365 e. The van der Waals surface area contributed by atoms with Gasteiger partial charge in [-0.15, -0.1) is 11.3 Å². The summed E-state index contributed by atoms with van der Waals surface area (Å²) in [4.78, 5) is 13.2. The molecule has 0 aliphatic heterocycles. The van der Waals surface area contributed by atoms with Crippen LogP contribution in [0.15, 0.2) is 47.2 Å². The summed E-state index contributed by atoms with van der Waals surface area (Å²) < 4.78 is 4.83. The molecule has 20 heavy (non-hydrogen) atoms. The molecule has 0 bridgehead atoms. The van der Waals surface area contributed by atoms with Gasteiger partial charge < -0.3 is 10.3 Å². The van der Waals surface area contributed by atoms with E-state index in [0.29, 0.717) is 10.7 Å².